The molecule has 0 spiro atoms. The Morgan fingerprint density at radius 3 is 2.73 bits per heavy atom. The molecule has 0 aromatic rings. The lowest BCUT2D eigenvalue weighted by atomic mass is 10.2. The topological polar surface area (TPSA) is 78.9 Å². The summed E-state index contributed by atoms with van der Waals surface area (Å²) in [6.45, 7) is 0.824. The van der Waals surface area contributed by atoms with Gasteiger partial charge in [0.1, 0.15) is 0 Å². The van der Waals surface area contributed by atoms with E-state index in [0.717, 1.165) is 12.8 Å². The Labute approximate surface area is 87.2 Å². The third-order valence-electron chi connectivity index (χ3n) is 2.58. The quantitative estimate of drug-likeness (QED) is 0.658. The molecule has 2 aliphatic rings. The van der Waals surface area contributed by atoms with E-state index in [1.165, 1.54) is 4.90 Å². The van der Waals surface area contributed by atoms with Crippen molar-refractivity contribution in [3.63, 3.8) is 0 Å². The van der Waals surface area contributed by atoms with Crippen LogP contribution in [0.3, 0.4) is 0 Å². The SMILES string of the molecule is O=C(O)C1COCCN1C(=O)NC1CC1. The van der Waals surface area contributed by atoms with E-state index in [0.29, 0.717) is 13.2 Å². The fourth-order valence-electron chi connectivity index (χ4n) is 1.54. The molecular formula is C9H14N2O4. The van der Waals surface area contributed by atoms with Crippen molar-refractivity contribution >= 4 is 12.0 Å². The second kappa shape index (κ2) is 4.06. The average Bonchev–Trinajstić information content (AvgIpc) is 3.01. The zero-order valence-corrected chi connectivity index (χ0v) is 8.31. The molecular weight excluding hydrogens is 200 g/mol. The van der Waals surface area contributed by atoms with E-state index in [1.807, 2.05) is 0 Å². The number of carbonyl (C=O) groups excluding carboxylic acids is 1. The van der Waals surface area contributed by atoms with Gasteiger partial charge in [-0.05, 0) is 12.8 Å². The van der Waals surface area contributed by atoms with Gasteiger partial charge in [0.25, 0.3) is 0 Å². The molecule has 0 radical (unpaired) electrons. The summed E-state index contributed by atoms with van der Waals surface area (Å²) in [6.07, 6.45) is 1.99. The number of carboxylic acid groups (broad SMARTS) is 1. The second-order valence-electron chi connectivity index (χ2n) is 3.85. The number of hydrogen-bond donors (Lipinski definition) is 2. The van der Waals surface area contributed by atoms with Crippen LogP contribution in [0, 0.1) is 0 Å². The fourth-order valence-corrected chi connectivity index (χ4v) is 1.54. The van der Waals surface area contributed by atoms with Gasteiger partial charge in [0.05, 0.1) is 13.2 Å². The van der Waals surface area contributed by atoms with E-state index in [4.69, 9.17) is 9.84 Å². The Morgan fingerprint density at radius 2 is 2.13 bits per heavy atom. The van der Waals surface area contributed by atoms with E-state index in [1.54, 1.807) is 0 Å². The molecule has 2 N–H and O–H groups in total. The Kier molecular flexibility index (Phi) is 2.77. The maximum absolute atomic E-state index is 11.7. The highest BCUT2D eigenvalue weighted by Crippen LogP contribution is 2.19. The first-order valence-electron chi connectivity index (χ1n) is 5.06. The summed E-state index contributed by atoms with van der Waals surface area (Å²) in [5.41, 5.74) is 0. The normalized spacial score (nSPS) is 26.1. The summed E-state index contributed by atoms with van der Waals surface area (Å²) >= 11 is 0. The third kappa shape index (κ3) is 2.38. The molecule has 0 aromatic carbocycles. The van der Waals surface area contributed by atoms with Crippen molar-refractivity contribution in [2.75, 3.05) is 19.8 Å². The number of amides is 2. The van der Waals surface area contributed by atoms with Gasteiger partial charge in [0, 0.05) is 12.6 Å². The molecule has 6 heteroatoms. The molecule has 2 rings (SSSR count). The van der Waals surface area contributed by atoms with Gasteiger partial charge in [-0.1, -0.05) is 0 Å². The Morgan fingerprint density at radius 1 is 1.40 bits per heavy atom. The number of rotatable bonds is 2. The Balaban J connectivity index is 1.96. The molecule has 84 valence electrons. The molecule has 1 saturated carbocycles. The van der Waals surface area contributed by atoms with Crippen LogP contribution in [0.5, 0.6) is 0 Å². The number of hydrogen-bond acceptors (Lipinski definition) is 3. The maximum atomic E-state index is 11.7. The largest absolute Gasteiger partial charge is 0.480 e. The highest BCUT2D eigenvalue weighted by Gasteiger charge is 2.35. The smallest absolute Gasteiger partial charge is 0.328 e. The van der Waals surface area contributed by atoms with Crippen molar-refractivity contribution < 1.29 is 19.4 Å². The standard InChI is InChI=1S/C9H14N2O4/c12-8(13)7-5-15-4-3-11(7)9(14)10-6-1-2-6/h6-7H,1-5H2,(H,10,14)(H,12,13). The molecule has 1 aliphatic carbocycles. The minimum Gasteiger partial charge on any atom is -0.480 e. The molecule has 2 amide bonds. The van der Waals surface area contributed by atoms with Gasteiger partial charge in [-0.15, -0.1) is 0 Å². The maximum Gasteiger partial charge on any atom is 0.328 e. The molecule has 6 nitrogen and oxygen atoms in total. The molecule has 0 aromatic heterocycles. The number of nitrogens with zero attached hydrogens (tertiary/aromatic N) is 1. The van der Waals surface area contributed by atoms with E-state index < -0.39 is 12.0 Å². The van der Waals surface area contributed by atoms with Gasteiger partial charge in [-0.25, -0.2) is 9.59 Å². The molecule has 15 heavy (non-hydrogen) atoms. The summed E-state index contributed by atoms with van der Waals surface area (Å²) in [6, 6.07) is -0.888. The zero-order valence-electron chi connectivity index (χ0n) is 8.31. The van der Waals surface area contributed by atoms with Crippen LogP contribution in [0.4, 0.5) is 4.79 Å². The number of ether oxygens (including phenoxy) is 1. The van der Waals surface area contributed by atoms with Crippen LogP contribution < -0.4 is 5.32 Å². The van der Waals surface area contributed by atoms with Gasteiger partial charge in [0.2, 0.25) is 0 Å². The molecule has 1 heterocycles. The van der Waals surface area contributed by atoms with Crippen LogP contribution in [0.1, 0.15) is 12.8 Å². The predicted octanol–water partition coefficient (Wildman–Crippen LogP) is -0.356. The molecule has 2 fully saturated rings. The highest BCUT2D eigenvalue weighted by molar-refractivity contribution is 5.83. The summed E-state index contributed by atoms with van der Waals surface area (Å²) < 4.78 is 5.04. The van der Waals surface area contributed by atoms with Crippen LogP contribution in [-0.4, -0.2) is 53.8 Å². The third-order valence-corrected chi connectivity index (χ3v) is 2.58. The first-order chi connectivity index (χ1) is 7.18. The van der Waals surface area contributed by atoms with Crippen LogP contribution >= 0.6 is 0 Å². The number of morpholine rings is 1. The lowest BCUT2D eigenvalue weighted by Crippen LogP contribution is -2.55. The summed E-state index contributed by atoms with van der Waals surface area (Å²) in [4.78, 5) is 23.9. The predicted molar refractivity (Wildman–Crippen MR) is 50.5 cm³/mol. The van der Waals surface area contributed by atoms with Crippen LogP contribution in [0.25, 0.3) is 0 Å². The van der Waals surface area contributed by atoms with Crippen molar-refractivity contribution in [2.24, 2.45) is 0 Å². The molecule has 1 atom stereocenters. The zero-order chi connectivity index (χ0) is 10.8. The van der Waals surface area contributed by atoms with Gasteiger partial charge < -0.3 is 20.1 Å². The van der Waals surface area contributed by atoms with E-state index in [2.05, 4.69) is 5.32 Å². The Bertz CT molecular complexity index is 277. The van der Waals surface area contributed by atoms with Crippen molar-refractivity contribution in [1.29, 1.82) is 0 Å². The van der Waals surface area contributed by atoms with Crippen LogP contribution in [0.2, 0.25) is 0 Å². The van der Waals surface area contributed by atoms with Crippen molar-refractivity contribution in [1.82, 2.24) is 10.2 Å². The van der Waals surface area contributed by atoms with Crippen molar-refractivity contribution in [3.05, 3.63) is 0 Å². The lowest BCUT2D eigenvalue weighted by Gasteiger charge is -2.32. The number of aliphatic carboxylic acids is 1. The lowest BCUT2D eigenvalue weighted by molar-refractivity contribution is -0.147. The molecule has 1 aliphatic heterocycles. The minimum absolute atomic E-state index is 0.0768. The van der Waals surface area contributed by atoms with Gasteiger partial charge in [0.15, 0.2) is 6.04 Å². The molecule has 1 saturated heterocycles. The monoisotopic (exact) mass is 214 g/mol. The Hall–Kier alpha value is -1.30. The van der Waals surface area contributed by atoms with Crippen molar-refractivity contribution in [3.8, 4) is 0 Å². The van der Waals surface area contributed by atoms with E-state index in [9.17, 15) is 9.59 Å². The van der Waals surface area contributed by atoms with E-state index in [-0.39, 0.29) is 18.7 Å². The number of carboxylic acids is 1. The first kappa shape index (κ1) is 10.2. The number of urea groups is 1. The number of nitrogens with one attached hydrogen (secondary N) is 1. The highest BCUT2D eigenvalue weighted by atomic mass is 16.5. The van der Waals surface area contributed by atoms with E-state index >= 15 is 0 Å². The summed E-state index contributed by atoms with van der Waals surface area (Å²) in [7, 11) is 0. The molecule has 0 bridgehead atoms. The molecule has 1 unspecified atom stereocenters. The van der Waals surface area contributed by atoms with Gasteiger partial charge in [-0.3, -0.25) is 0 Å². The van der Waals surface area contributed by atoms with Gasteiger partial charge in [-0.2, -0.15) is 0 Å². The van der Waals surface area contributed by atoms with Crippen LogP contribution in [-0.2, 0) is 9.53 Å². The van der Waals surface area contributed by atoms with Crippen LogP contribution in [0.15, 0.2) is 0 Å². The minimum atomic E-state index is -1.01. The first-order valence-corrected chi connectivity index (χ1v) is 5.06. The second-order valence-corrected chi connectivity index (χ2v) is 3.85. The van der Waals surface area contributed by atoms with Crippen molar-refractivity contribution in [2.45, 2.75) is 24.9 Å². The fraction of sp³-hybridized carbons (Fsp3) is 0.778. The average molecular weight is 214 g/mol. The summed E-state index contributed by atoms with van der Waals surface area (Å²) in [5.74, 6) is -1.01. The summed E-state index contributed by atoms with van der Waals surface area (Å²) in [5, 5.41) is 11.7. The number of carbonyl (C=O) groups is 2. The van der Waals surface area contributed by atoms with Gasteiger partial charge >= 0.3 is 12.0 Å².